The molecule has 0 radical (unpaired) electrons. The summed E-state index contributed by atoms with van der Waals surface area (Å²) in [6.07, 6.45) is 3.68. The van der Waals surface area contributed by atoms with Gasteiger partial charge in [0.15, 0.2) is 0 Å². The van der Waals surface area contributed by atoms with Crippen LogP contribution in [0.15, 0.2) is 36.4 Å². The average Bonchev–Trinajstić information content (AvgIpc) is 2.71. The van der Waals surface area contributed by atoms with Gasteiger partial charge in [-0.1, -0.05) is 24.3 Å². The van der Waals surface area contributed by atoms with Gasteiger partial charge in [-0.05, 0) is 5.56 Å². The molecule has 0 saturated carbocycles. The monoisotopic (exact) mass is 191 g/mol. The summed E-state index contributed by atoms with van der Waals surface area (Å²) in [5, 5.41) is 10.5. The van der Waals surface area contributed by atoms with E-state index < -0.39 is 4.92 Å². The number of ether oxygens (including phenoxy) is 1. The van der Waals surface area contributed by atoms with E-state index in [-0.39, 0.29) is 11.8 Å². The first kappa shape index (κ1) is 8.90. The molecule has 1 unspecified atom stereocenters. The Hall–Kier alpha value is -1.68. The van der Waals surface area contributed by atoms with Gasteiger partial charge in [0, 0.05) is 12.1 Å². The second-order valence-corrected chi connectivity index (χ2v) is 3.03. The molecule has 0 N–H and O–H groups in total. The minimum Gasteiger partial charge on any atom is -0.365 e. The number of nitro groups is 1. The zero-order valence-corrected chi connectivity index (χ0v) is 7.42. The summed E-state index contributed by atoms with van der Waals surface area (Å²) in [5.74, 6) is 0. The van der Waals surface area contributed by atoms with E-state index in [9.17, 15) is 10.1 Å². The van der Waals surface area contributed by atoms with Crippen molar-refractivity contribution >= 4 is 5.69 Å². The van der Waals surface area contributed by atoms with Crippen LogP contribution in [0, 0.1) is 10.1 Å². The van der Waals surface area contributed by atoms with Crippen molar-refractivity contribution in [3.8, 4) is 0 Å². The fraction of sp³-hybridized carbons (Fsp3) is 0.200. The maximum atomic E-state index is 10.5. The molecule has 1 aliphatic heterocycles. The van der Waals surface area contributed by atoms with Gasteiger partial charge in [0.2, 0.25) is 0 Å². The number of non-ortho nitro benzene ring substituents is 1. The van der Waals surface area contributed by atoms with Gasteiger partial charge in [0.25, 0.3) is 5.69 Å². The molecule has 0 amide bonds. The van der Waals surface area contributed by atoms with E-state index in [1.54, 1.807) is 12.1 Å². The van der Waals surface area contributed by atoms with Crippen molar-refractivity contribution in [1.29, 1.82) is 0 Å². The number of hydrogen-bond donors (Lipinski definition) is 0. The number of hydrogen-bond acceptors (Lipinski definition) is 3. The van der Waals surface area contributed by atoms with Gasteiger partial charge in [-0.15, -0.1) is 0 Å². The van der Waals surface area contributed by atoms with Gasteiger partial charge in [0.05, 0.1) is 11.5 Å². The third-order valence-electron chi connectivity index (χ3n) is 2.09. The molecule has 0 saturated heterocycles. The Kier molecular flexibility index (Phi) is 2.28. The number of nitro benzene ring substituents is 1. The van der Waals surface area contributed by atoms with Crippen LogP contribution in [0.25, 0.3) is 0 Å². The Morgan fingerprint density at radius 3 is 3.00 bits per heavy atom. The zero-order chi connectivity index (χ0) is 9.97. The van der Waals surface area contributed by atoms with Crippen LogP contribution >= 0.6 is 0 Å². The molecule has 72 valence electrons. The molecule has 1 atom stereocenters. The van der Waals surface area contributed by atoms with Crippen molar-refractivity contribution in [3.05, 3.63) is 52.1 Å². The molecule has 0 fully saturated rings. The van der Waals surface area contributed by atoms with E-state index in [1.165, 1.54) is 6.07 Å². The SMILES string of the molecule is O=[N+]([O-])c1cccc(C2C=CCO2)c1. The van der Waals surface area contributed by atoms with E-state index in [1.807, 2.05) is 18.2 Å². The minimum absolute atomic E-state index is 0.103. The zero-order valence-electron chi connectivity index (χ0n) is 7.42. The molecular formula is C10H9NO3. The lowest BCUT2D eigenvalue weighted by Gasteiger charge is -2.07. The van der Waals surface area contributed by atoms with Gasteiger partial charge in [-0.25, -0.2) is 0 Å². The lowest BCUT2D eigenvalue weighted by molar-refractivity contribution is -0.385. The van der Waals surface area contributed by atoms with E-state index in [0.717, 1.165) is 5.56 Å². The molecule has 2 rings (SSSR count). The maximum Gasteiger partial charge on any atom is 0.269 e. The van der Waals surface area contributed by atoms with Gasteiger partial charge in [-0.2, -0.15) is 0 Å². The fourth-order valence-electron chi connectivity index (χ4n) is 1.42. The highest BCUT2D eigenvalue weighted by atomic mass is 16.6. The highest BCUT2D eigenvalue weighted by Gasteiger charge is 2.14. The van der Waals surface area contributed by atoms with E-state index >= 15 is 0 Å². The largest absolute Gasteiger partial charge is 0.365 e. The summed E-state index contributed by atoms with van der Waals surface area (Å²) < 4.78 is 5.34. The van der Waals surface area contributed by atoms with Crippen LogP contribution in [0.4, 0.5) is 5.69 Å². The molecule has 1 aliphatic rings. The molecule has 1 aromatic rings. The minimum atomic E-state index is -0.401. The molecule has 0 aromatic heterocycles. The molecular weight excluding hydrogens is 182 g/mol. The van der Waals surface area contributed by atoms with Crippen molar-refractivity contribution in [2.45, 2.75) is 6.10 Å². The lowest BCUT2D eigenvalue weighted by atomic mass is 10.1. The van der Waals surface area contributed by atoms with E-state index in [2.05, 4.69) is 0 Å². The molecule has 0 aliphatic carbocycles. The molecule has 0 bridgehead atoms. The Balaban J connectivity index is 2.30. The average molecular weight is 191 g/mol. The molecule has 0 spiro atoms. The van der Waals surface area contributed by atoms with E-state index in [0.29, 0.717) is 6.61 Å². The Labute approximate surface area is 81.0 Å². The van der Waals surface area contributed by atoms with Crippen molar-refractivity contribution < 1.29 is 9.66 Å². The summed E-state index contributed by atoms with van der Waals surface area (Å²) in [6.45, 7) is 0.577. The molecule has 14 heavy (non-hydrogen) atoms. The van der Waals surface area contributed by atoms with Crippen LogP contribution in [0.2, 0.25) is 0 Å². The number of nitrogens with zero attached hydrogens (tertiary/aromatic N) is 1. The molecule has 1 heterocycles. The summed E-state index contributed by atoms with van der Waals surface area (Å²) in [7, 11) is 0. The first-order chi connectivity index (χ1) is 6.77. The van der Waals surface area contributed by atoms with Crippen LogP contribution in [0.1, 0.15) is 11.7 Å². The van der Waals surface area contributed by atoms with Gasteiger partial charge < -0.3 is 4.74 Å². The third-order valence-corrected chi connectivity index (χ3v) is 2.09. The summed E-state index contributed by atoms with van der Waals surface area (Å²) in [4.78, 5) is 10.1. The van der Waals surface area contributed by atoms with E-state index in [4.69, 9.17) is 4.74 Å². The molecule has 1 aromatic carbocycles. The van der Waals surface area contributed by atoms with Crippen molar-refractivity contribution in [2.24, 2.45) is 0 Å². The standard InChI is InChI=1S/C10H9NO3/c12-11(13)9-4-1-3-8(7-9)10-5-2-6-14-10/h1-5,7,10H,6H2. The van der Waals surface area contributed by atoms with Crippen molar-refractivity contribution in [3.63, 3.8) is 0 Å². The van der Waals surface area contributed by atoms with Crippen LogP contribution < -0.4 is 0 Å². The Morgan fingerprint density at radius 2 is 2.36 bits per heavy atom. The predicted octanol–water partition coefficient (Wildman–Crippen LogP) is 2.22. The maximum absolute atomic E-state index is 10.5. The van der Waals surface area contributed by atoms with Crippen LogP contribution in [0.5, 0.6) is 0 Å². The normalized spacial score (nSPS) is 19.9. The fourth-order valence-corrected chi connectivity index (χ4v) is 1.42. The first-order valence-corrected chi connectivity index (χ1v) is 4.30. The van der Waals surface area contributed by atoms with Gasteiger partial charge in [-0.3, -0.25) is 10.1 Å². The number of rotatable bonds is 2. The highest BCUT2D eigenvalue weighted by molar-refractivity contribution is 5.37. The summed E-state index contributed by atoms with van der Waals surface area (Å²) in [5.41, 5.74) is 0.930. The second-order valence-electron chi connectivity index (χ2n) is 3.03. The molecule has 4 nitrogen and oxygen atoms in total. The van der Waals surface area contributed by atoms with Gasteiger partial charge in [0.1, 0.15) is 6.10 Å². The first-order valence-electron chi connectivity index (χ1n) is 4.30. The lowest BCUT2D eigenvalue weighted by Crippen LogP contribution is -1.97. The summed E-state index contributed by atoms with van der Waals surface area (Å²) >= 11 is 0. The smallest absolute Gasteiger partial charge is 0.269 e. The second kappa shape index (κ2) is 3.59. The van der Waals surface area contributed by atoms with Crippen molar-refractivity contribution in [2.75, 3.05) is 6.61 Å². The van der Waals surface area contributed by atoms with Crippen LogP contribution in [0.3, 0.4) is 0 Å². The Morgan fingerprint density at radius 1 is 1.50 bits per heavy atom. The van der Waals surface area contributed by atoms with Crippen LogP contribution in [-0.4, -0.2) is 11.5 Å². The van der Waals surface area contributed by atoms with Crippen LogP contribution in [-0.2, 0) is 4.74 Å². The van der Waals surface area contributed by atoms with Crippen molar-refractivity contribution in [1.82, 2.24) is 0 Å². The summed E-state index contributed by atoms with van der Waals surface area (Å²) in [6, 6.07) is 6.51. The highest BCUT2D eigenvalue weighted by Crippen LogP contribution is 2.25. The third kappa shape index (κ3) is 1.65. The van der Waals surface area contributed by atoms with Gasteiger partial charge >= 0.3 is 0 Å². The predicted molar refractivity (Wildman–Crippen MR) is 50.9 cm³/mol. The Bertz CT molecular complexity index is 387. The molecule has 4 heteroatoms. The quantitative estimate of drug-likeness (QED) is 0.409. The number of benzene rings is 1. The topological polar surface area (TPSA) is 52.4 Å².